The molecule has 22 heavy (non-hydrogen) atoms. The first-order chi connectivity index (χ1) is 10.4. The van der Waals surface area contributed by atoms with Crippen LogP contribution in [0, 0.1) is 11.6 Å². The molecule has 1 rings (SSSR count). The SMILES string of the molecule is COC(=O)CC[C@H](NC(=O)c1cccc(F)c1F)C(=O)OC. The molecule has 1 amide bonds. The van der Waals surface area contributed by atoms with Crippen LogP contribution in [0.2, 0.25) is 0 Å². The summed E-state index contributed by atoms with van der Waals surface area (Å²) < 4.78 is 35.5. The number of halogens is 2. The molecule has 120 valence electrons. The van der Waals surface area contributed by atoms with Gasteiger partial charge >= 0.3 is 11.9 Å². The number of hydrogen-bond donors (Lipinski definition) is 1. The van der Waals surface area contributed by atoms with Crippen molar-refractivity contribution in [2.45, 2.75) is 18.9 Å². The predicted molar refractivity (Wildman–Crippen MR) is 70.9 cm³/mol. The molecule has 1 aromatic rings. The molecule has 8 heteroatoms. The molecule has 0 radical (unpaired) electrons. The fourth-order valence-electron chi connectivity index (χ4n) is 1.67. The van der Waals surface area contributed by atoms with Crippen LogP contribution in [0.3, 0.4) is 0 Å². The first-order valence-corrected chi connectivity index (χ1v) is 6.30. The van der Waals surface area contributed by atoms with Crippen LogP contribution in [0.5, 0.6) is 0 Å². The molecule has 1 aromatic carbocycles. The van der Waals surface area contributed by atoms with E-state index < -0.39 is 41.1 Å². The second-order valence-electron chi connectivity index (χ2n) is 4.27. The van der Waals surface area contributed by atoms with E-state index in [0.29, 0.717) is 0 Å². The Morgan fingerprint density at radius 1 is 1.18 bits per heavy atom. The minimum atomic E-state index is -1.32. The summed E-state index contributed by atoms with van der Waals surface area (Å²) in [4.78, 5) is 34.6. The topological polar surface area (TPSA) is 81.7 Å². The van der Waals surface area contributed by atoms with Gasteiger partial charge in [0.2, 0.25) is 0 Å². The molecule has 0 aromatic heterocycles. The van der Waals surface area contributed by atoms with Crippen molar-refractivity contribution in [3.8, 4) is 0 Å². The number of nitrogens with one attached hydrogen (secondary N) is 1. The molecule has 0 bridgehead atoms. The summed E-state index contributed by atoms with van der Waals surface area (Å²) in [6.07, 6.45) is -0.246. The molecule has 0 unspecified atom stereocenters. The van der Waals surface area contributed by atoms with Crippen LogP contribution in [0.4, 0.5) is 8.78 Å². The summed E-state index contributed by atoms with van der Waals surface area (Å²) in [5, 5.41) is 2.20. The minimum Gasteiger partial charge on any atom is -0.469 e. The van der Waals surface area contributed by atoms with Crippen molar-refractivity contribution in [3.05, 3.63) is 35.4 Å². The largest absolute Gasteiger partial charge is 0.469 e. The van der Waals surface area contributed by atoms with E-state index in [4.69, 9.17) is 0 Å². The van der Waals surface area contributed by atoms with Crippen LogP contribution < -0.4 is 5.32 Å². The Labute approximate surface area is 125 Å². The lowest BCUT2D eigenvalue weighted by Crippen LogP contribution is -2.42. The van der Waals surface area contributed by atoms with Crippen molar-refractivity contribution in [1.29, 1.82) is 0 Å². The fourth-order valence-corrected chi connectivity index (χ4v) is 1.67. The number of carbonyl (C=O) groups is 3. The van der Waals surface area contributed by atoms with Crippen molar-refractivity contribution < 1.29 is 32.6 Å². The zero-order valence-corrected chi connectivity index (χ0v) is 12.0. The predicted octanol–water partition coefficient (Wildman–Crippen LogP) is 1.19. The maximum atomic E-state index is 13.5. The summed E-state index contributed by atoms with van der Waals surface area (Å²) in [6.45, 7) is 0. The van der Waals surface area contributed by atoms with E-state index in [9.17, 15) is 23.2 Å². The monoisotopic (exact) mass is 315 g/mol. The van der Waals surface area contributed by atoms with E-state index in [1.165, 1.54) is 7.11 Å². The van der Waals surface area contributed by atoms with Gasteiger partial charge in [0.05, 0.1) is 19.8 Å². The number of rotatable bonds is 6. The summed E-state index contributed by atoms with van der Waals surface area (Å²) in [6, 6.07) is 1.91. The van der Waals surface area contributed by atoms with Crippen molar-refractivity contribution in [2.75, 3.05) is 14.2 Å². The Morgan fingerprint density at radius 2 is 1.86 bits per heavy atom. The Kier molecular flexibility index (Phi) is 6.43. The molecular weight excluding hydrogens is 300 g/mol. The smallest absolute Gasteiger partial charge is 0.328 e. The second kappa shape index (κ2) is 8.06. The Balaban J connectivity index is 2.84. The molecule has 6 nitrogen and oxygen atoms in total. The van der Waals surface area contributed by atoms with Crippen molar-refractivity contribution in [2.24, 2.45) is 0 Å². The van der Waals surface area contributed by atoms with Gasteiger partial charge in [0.25, 0.3) is 5.91 Å². The lowest BCUT2D eigenvalue weighted by Gasteiger charge is -2.16. The van der Waals surface area contributed by atoms with Gasteiger partial charge in [-0.1, -0.05) is 6.07 Å². The summed E-state index contributed by atoms with van der Waals surface area (Å²) >= 11 is 0. The standard InChI is InChI=1S/C14H15F2NO5/c1-21-11(18)7-6-10(14(20)22-2)17-13(19)8-4-3-5-9(15)12(8)16/h3-5,10H,6-7H2,1-2H3,(H,17,19)/t10-/m0/s1. The maximum absolute atomic E-state index is 13.5. The molecule has 1 N–H and O–H groups in total. The average molecular weight is 315 g/mol. The third kappa shape index (κ3) is 4.51. The van der Waals surface area contributed by atoms with Gasteiger partial charge in [-0.25, -0.2) is 13.6 Å². The van der Waals surface area contributed by atoms with Crippen LogP contribution in [0.25, 0.3) is 0 Å². The molecule has 0 fully saturated rings. The van der Waals surface area contributed by atoms with E-state index in [1.54, 1.807) is 0 Å². The van der Waals surface area contributed by atoms with Gasteiger partial charge in [-0.15, -0.1) is 0 Å². The quantitative estimate of drug-likeness (QED) is 0.798. The van der Waals surface area contributed by atoms with Crippen molar-refractivity contribution in [3.63, 3.8) is 0 Å². The number of carbonyl (C=O) groups excluding carboxylic acids is 3. The summed E-state index contributed by atoms with van der Waals surface area (Å²) in [7, 11) is 2.28. The van der Waals surface area contributed by atoms with E-state index in [1.807, 2.05) is 0 Å². The third-order valence-corrected chi connectivity index (χ3v) is 2.85. The van der Waals surface area contributed by atoms with Crippen LogP contribution in [0.15, 0.2) is 18.2 Å². The normalized spacial score (nSPS) is 11.5. The van der Waals surface area contributed by atoms with E-state index in [2.05, 4.69) is 14.8 Å². The number of methoxy groups -OCH3 is 2. The molecule has 0 heterocycles. The van der Waals surface area contributed by atoms with Gasteiger partial charge in [-0.2, -0.15) is 0 Å². The van der Waals surface area contributed by atoms with E-state index >= 15 is 0 Å². The van der Waals surface area contributed by atoms with E-state index in [-0.39, 0.29) is 12.8 Å². The highest BCUT2D eigenvalue weighted by Gasteiger charge is 2.25. The highest BCUT2D eigenvalue weighted by Crippen LogP contribution is 2.12. The maximum Gasteiger partial charge on any atom is 0.328 e. The first-order valence-electron chi connectivity index (χ1n) is 6.30. The molecule has 0 saturated heterocycles. The zero-order valence-electron chi connectivity index (χ0n) is 12.0. The fraction of sp³-hybridized carbons (Fsp3) is 0.357. The van der Waals surface area contributed by atoms with Crippen LogP contribution in [-0.4, -0.2) is 38.1 Å². The molecule has 1 atom stereocenters. The molecule has 0 aliphatic carbocycles. The number of esters is 2. The lowest BCUT2D eigenvalue weighted by atomic mass is 10.1. The van der Waals surface area contributed by atoms with E-state index in [0.717, 1.165) is 25.3 Å². The van der Waals surface area contributed by atoms with Gasteiger partial charge in [-0.3, -0.25) is 9.59 Å². The molecular formula is C14H15F2NO5. The van der Waals surface area contributed by atoms with Gasteiger partial charge in [0, 0.05) is 6.42 Å². The molecule has 0 saturated carbocycles. The molecule has 0 aliphatic rings. The lowest BCUT2D eigenvalue weighted by molar-refractivity contribution is -0.144. The average Bonchev–Trinajstić information content (AvgIpc) is 2.52. The first kappa shape index (κ1) is 17.5. The van der Waals surface area contributed by atoms with Gasteiger partial charge in [0.15, 0.2) is 11.6 Å². The zero-order chi connectivity index (χ0) is 16.7. The highest BCUT2D eigenvalue weighted by atomic mass is 19.2. The summed E-state index contributed by atoms with van der Waals surface area (Å²) in [5.41, 5.74) is -0.549. The number of ether oxygens (including phenoxy) is 2. The minimum absolute atomic E-state index is 0.0952. The van der Waals surface area contributed by atoms with Crippen LogP contribution in [0.1, 0.15) is 23.2 Å². The summed E-state index contributed by atoms with van der Waals surface area (Å²) in [5.74, 6) is -4.89. The highest BCUT2D eigenvalue weighted by molar-refractivity contribution is 5.97. The Hall–Kier alpha value is -2.51. The van der Waals surface area contributed by atoms with Gasteiger partial charge < -0.3 is 14.8 Å². The molecule has 0 spiro atoms. The molecule has 0 aliphatic heterocycles. The Morgan fingerprint density at radius 3 is 2.45 bits per heavy atom. The number of benzene rings is 1. The van der Waals surface area contributed by atoms with Crippen LogP contribution in [-0.2, 0) is 19.1 Å². The number of hydrogen-bond acceptors (Lipinski definition) is 5. The van der Waals surface area contributed by atoms with Crippen molar-refractivity contribution in [1.82, 2.24) is 5.32 Å². The number of amides is 1. The van der Waals surface area contributed by atoms with Crippen LogP contribution >= 0.6 is 0 Å². The second-order valence-corrected chi connectivity index (χ2v) is 4.27. The third-order valence-electron chi connectivity index (χ3n) is 2.85. The van der Waals surface area contributed by atoms with Gasteiger partial charge in [-0.05, 0) is 18.6 Å². The van der Waals surface area contributed by atoms with Crippen molar-refractivity contribution >= 4 is 17.8 Å². The van der Waals surface area contributed by atoms with Gasteiger partial charge in [0.1, 0.15) is 6.04 Å². The Bertz CT molecular complexity index is 576.